The number of para-hydroxylation sites is 1. The Balaban J connectivity index is 1.48. The highest BCUT2D eigenvalue weighted by Gasteiger charge is 2.28. The third-order valence-electron chi connectivity index (χ3n) is 5.01. The Morgan fingerprint density at radius 1 is 0.926 bits per heavy atom. The quantitative estimate of drug-likeness (QED) is 0.696. The Morgan fingerprint density at radius 3 is 2.33 bits per heavy atom. The van der Waals surface area contributed by atoms with Crippen molar-refractivity contribution in [2.45, 2.75) is 12.7 Å². The normalized spacial score (nSPS) is 16.0. The van der Waals surface area contributed by atoms with E-state index in [9.17, 15) is 8.42 Å². The van der Waals surface area contributed by atoms with Gasteiger partial charge < -0.3 is 4.90 Å². The number of aryl methyl sites for hydroxylation is 1. The number of pyridine rings is 1. The third-order valence-corrected chi connectivity index (χ3v) is 6.86. The fourth-order valence-corrected chi connectivity index (χ4v) is 5.10. The predicted octanol–water partition coefficient (Wildman–Crippen LogP) is 3.20. The van der Waals surface area contributed by atoms with Gasteiger partial charge in [0.1, 0.15) is 5.82 Å². The molecule has 0 unspecified atom stereocenters. The van der Waals surface area contributed by atoms with E-state index in [0.717, 1.165) is 27.8 Å². The lowest BCUT2D eigenvalue weighted by molar-refractivity contribution is 0.383. The van der Waals surface area contributed by atoms with Crippen LogP contribution in [-0.4, -0.2) is 43.9 Å². The fraction of sp³-hybridized carbons (Fsp3) is 0.286. The number of hydrogen-bond acceptors (Lipinski definition) is 4. The van der Waals surface area contributed by atoms with Gasteiger partial charge in [-0.15, -0.1) is 0 Å². The number of benzene rings is 2. The summed E-state index contributed by atoms with van der Waals surface area (Å²) in [5, 5.41) is 1.13. The molecule has 1 aliphatic heterocycles. The lowest BCUT2D eigenvalue weighted by Crippen LogP contribution is -2.49. The second kappa shape index (κ2) is 7.29. The minimum atomic E-state index is -3.30. The summed E-state index contributed by atoms with van der Waals surface area (Å²) in [6.07, 6.45) is 0. The molecule has 0 amide bonds. The largest absolute Gasteiger partial charge is 0.354 e. The maximum atomic E-state index is 12.7. The first-order chi connectivity index (χ1) is 13.0. The Kier molecular flexibility index (Phi) is 4.85. The molecule has 1 fully saturated rings. The fourth-order valence-electron chi connectivity index (χ4n) is 3.59. The number of aromatic nitrogens is 1. The highest BCUT2D eigenvalue weighted by atomic mass is 32.2. The summed E-state index contributed by atoms with van der Waals surface area (Å²) in [4.78, 5) is 7.00. The Bertz CT molecular complexity index is 1040. The summed E-state index contributed by atoms with van der Waals surface area (Å²) in [6, 6.07) is 19.6. The van der Waals surface area contributed by atoms with Gasteiger partial charge in [0.05, 0.1) is 11.3 Å². The first-order valence-electron chi connectivity index (χ1n) is 9.16. The molecule has 3 aromatic rings. The van der Waals surface area contributed by atoms with Crippen LogP contribution in [0.4, 0.5) is 5.82 Å². The molecule has 5 nitrogen and oxygen atoms in total. The lowest BCUT2D eigenvalue weighted by atomic mass is 10.1. The van der Waals surface area contributed by atoms with Crippen molar-refractivity contribution in [2.75, 3.05) is 31.1 Å². The van der Waals surface area contributed by atoms with Gasteiger partial charge in [-0.3, -0.25) is 0 Å². The molecule has 0 saturated carbocycles. The van der Waals surface area contributed by atoms with E-state index < -0.39 is 10.0 Å². The maximum absolute atomic E-state index is 12.7. The Morgan fingerprint density at radius 2 is 1.59 bits per heavy atom. The first kappa shape index (κ1) is 17.9. The van der Waals surface area contributed by atoms with Crippen molar-refractivity contribution in [3.05, 3.63) is 71.8 Å². The molecule has 1 aromatic heterocycles. The monoisotopic (exact) mass is 381 g/mol. The molecule has 1 saturated heterocycles. The molecule has 27 heavy (non-hydrogen) atoms. The van der Waals surface area contributed by atoms with Crippen LogP contribution in [-0.2, 0) is 15.8 Å². The molecule has 140 valence electrons. The summed E-state index contributed by atoms with van der Waals surface area (Å²) in [6.45, 7) is 4.35. The van der Waals surface area contributed by atoms with Gasteiger partial charge in [-0.2, -0.15) is 4.31 Å². The van der Waals surface area contributed by atoms with Gasteiger partial charge in [0.25, 0.3) is 0 Å². The van der Waals surface area contributed by atoms with Gasteiger partial charge in [0.2, 0.25) is 10.0 Å². The average Bonchev–Trinajstić information content (AvgIpc) is 2.68. The zero-order valence-corrected chi connectivity index (χ0v) is 16.2. The number of nitrogens with zero attached hydrogens (tertiary/aromatic N) is 3. The zero-order valence-electron chi connectivity index (χ0n) is 15.4. The SMILES string of the molecule is Cc1cc2ccccc2nc1N1CCN(S(=O)(=O)Cc2ccccc2)CC1. The number of rotatable bonds is 4. The molecule has 0 radical (unpaired) electrons. The van der Waals surface area contributed by atoms with Crippen molar-refractivity contribution >= 4 is 26.7 Å². The third kappa shape index (κ3) is 3.82. The van der Waals surface area contributed by atoms with Crippen LogP contribution in [0.5, 0.6) is 0 Å². The second-order valence-corrected chi connectivity index (χ2v) is 8.92. The van der Waals surface area contributed by atoms with Crippen molar-refractivity contribution in [1.82, 2.24) is 9.29 Å². The first-order valence-corrected chi connectivity index (χ1v) is 10.8. The van der Waals surface area contributed by atoms with E-state index in [2.05, 4.69) is 24.0 Å². The van der Waals surface area contributed by atoms with E-state index in [4.69, 9.17) is 4.98 Å². The van der Waals surface area contributed by atoms with Gasteiger partial charge in [-0.1, -0.05) is 48.5 Å². The molecule has 0 spiro atoms. The van der Waals surface area contributed by atoms with Crippen LogP contribution in [0.3, 0.4) is 0 Å². The minimum absolute atomic E-state index is 0.0566. The van der Waals surface area contributed by atoms with Crippen molar-refractivity contribution in [3.8, 4) is 0 Å². The number of piperazine rings is 1. The smallest absolute Gasteiger partial charge is 0.218 e. The van der Waals surface area contributed by atoms with Crippen LogP contribution in [0.1, 0.15) is 11.1 Å². The summed E-state index contributed by atoms with van der Waals surface area (Å²) < 4.78 is 27.1. The molecule has 2 heterocycles. The van der Waals surface area contributed by atoms with Crippen LogP contribution < -0.4 is 4.90 Å². The molecular formula is C21H23N3O2S. The summed E-state index contributed by atoms with van der Waals surface area (Å²) in [5.41, 5.74) is 2.92. The summed E-state index contributed by atoms with van der Waals surface area (Å²) in [7, 11) is -3.30. The molecule has 4 rings (SSSR count). The van der Waals surface area contributed by atoms with Gasteiger partial charge >= 0.3 is 0 Å². The number of hydrogen-bond donors (Lipinski definition) is 0. The van der Waals surface area contributed by atoms with Crippen LogP contribution in [0.2, 0.25) is 0 Å². The maximum Gasteiger partial charge on any atom is 0.218 e. The number of fused-ring (bicyclic) bond motifs is 1. The van der Waals surface area contributed by atoms with Crippen molar-refractivity contribution in [3.63, 3.8) is 0 Å². The van der Waals surface area contributed by atoms with Gasteiger partial charge in [-0.25, -0.2) is 13.4 Å². The highest BCUT2D eigenvalue weighted by Crippen LogP contribution is 2.24. The van der Waals surface area contributed by atoms with E-state index in [-0.39, 0.29) is 5.75 Å². The molecule has 6 heteroatoms. The average molecular weight is 382 g/mol. The van der Waals surface area contributed by atoms with E-state index in [0.29, 0.717) is 26.2 Å². The zero-order chi connectivity index (χ0) is 18.9. The van der Waals surface area contributed by atoms with Crippen LogP contribution in [0.15, 0.2) is 60.7 Å². The standard InChI is InChI=1S/C21H23N3O2S/c1-17-15-19-9-5-6-10-20(19)22-21(17)23-11-13-24(14-12-23)27(25,26)16-18-7-3-2-4-8-18/h2-10,15H,11-14,16H2,1H3. The molecule has 1 aliphatic rings. The molecule has 0 atom stereocenters. The number of anilines is 1. The molecule has 0 N–H and O–H groups in total. The minimum Gasteiger partial charge on any atom is -0.354 e. The molecular weight excluding hydrogens is 358 g/mol. The van der Waals surface area contributed by atoms with Crippen molar-refractivity contribution in [2.24, 2.45) is 0 Å². The predicted molar refractivity (Wildman–Crippen MR) is 109 cm³/mol. The van der Waals surface area contributed by atoms with E-state index in [1.54, 1.807) is 4.31 Å². The lowest BCUT2D eigenvalue weighted by Gasteiger charge is -2.35. The Labute approximate surface area is 160 Å². The van der Waals surface area contributed by atoms with Crippen LogP contribution in [0.25, 0.3) is 10.9 Å². The summed E-state index contributed by atoms with van der Waals surface area (Å²) in [5.74, 6) is 1.01. The highest BCUT2D eigenvalue weighted by molar-refractivity contribution is 7.88. The van der Waals surface area contributed by atoms with Crippen LogP contribution in [0, 0.1) is 6.92 Å². The summed E-state index contributed by atoms with van der Waals surface area (Å²) >= 11 is 0. The van der Waals surface area contributed by atoms with Gasteiger partial charge in [0.15, 0.2) is 0 Å². The van der Waals surface area contributed by atoms with Gasteiger partial charge in [-0.05, 0) is 30.2 Å². The van der Waals surface area contributed by atoms with Crippen LogP contribution >= 0.6 is 0 Å². The van der Waals surface area contributed by atoms with E-state index in [1.807, 2.05) is 48.5 Å². The molecule has 0 aliphatic carbocycles. The number of sulfonamides is 1. The van der Waals surface area contributed by atoms with Crippen molar-refractivity contribution < 1.29 is 8.42 Å². The molecule has 0 bridgehead atoms. The molecule has 2 aromatic carbocycles. The van der Waals surface area contributed by atoms with Crippen molar-refractivity contribution in [1.29, 1.82) is 0 Å². The van der Waals surface area contributed by atoms with E-state index in [1.165, 1.54) is 0 Å². The van der Waals surface area contributed by atoms with E-state index >= 15 is 0 Å². The van der Waals surface area contributed by atoms with Gasteiger partial charge in [0, 0.05) is 31.6 Å². The topological polar surface area (TPSA) is 53.5 Å². The Hall–Kier alpha value is -2.44. The second-order valence-electron chi connectivity index (χ2n) is 6.95.